The fraction of sp³-hybridized carbons (Fsp3) is 0.0588. The highest BCUT2D eigenvalue weighted by molar-refractivity contribution is 7.19. The summed E-state index contributed by atoms with van der Waals surface area (Å²) in [5.74, 6) is -0.787. The number of nitrogens with one attached hydrogen (secondary N) is 1. The van der Waals surface area contributed by atoms with Gasteiger partial charge in [0.15, 0.2) is 6.61 Å². The topological polar surface area (TPSA) is 81.2 Å². The van der Waals surface area contributed by atoms with Crippen molar-refractivity contribution in [2.75, 3.05) is 11.9 Å². The molecular formula is C17H12ClN3O3S. The van der Waals surface area contributed by atoms with E-state index in [9.17, 15) is 9.59 Å². The Morgan fingerprint density at radius 2 is 2.08 bits per heavy atom. The van der Waals surface area contributed by atoms with Gasteiger partial charge < -0.3 is 10.1 Å². The molecule has 8 heteroatoms. The van der Waals surface area contributed by atoms with Gasteiger partial charge in [-0.2, -0.15) is 0 Å². The summed E-state index contributed by atoms with van der Waals surface area (Å²) in [4.78, 5) is 31.7. The standard InChI is InChI=1S/C17H12ClN3O3S/c18-11-5-6-14(19-9-11)21-15(22)10-24-17(23)8-7-16-20-12-3-1-2-4-13(12)25-16/h1-9H,10H2,(H,19,21,22)/b8-7+. The molecule has 0 aliphatic heterocycles. The van der Waals surface area contributed by atoms with Gasteiger partial charge in [0.05, 0.1) is 15.2 Å². The van der Waals surface area contributed by atoms with Crippen molar-refractivity contribution in [1.29, 1.82) is 0 Å². The Labute approximate surface area is 152 Å². The Kier molecular flexibility index (Phi) is 5.37. The Hall–Kier alpha value is -2.77. The van der Waals surface area contributed by atoms with Crippen LogP contribution in [0.25, 0.3) is 16.3 Å². The molecule has 3 aromatic rings. The van der Waals surface area contributed by atoms with Gasteiger partial charge in [0.2, 0.25) is 0 Å². The first-order chi connectivity index (χ1) is 12.1. The van der Waals surface area contributed by atoms with Crippen molar-refractivity contribution in [3.05, 3.63) is 58.7 Å². The van der Waals surface area contributed by atoms with Crippen molar-refractivity contribution in [3.8, 4) is 0 Å². The average Bonchev–Trinajstić information content (AvgIpc) is 3.03. The highest BCUT2D eigenvalue weighted by Gasteiger charge is 2.07. The first-order valence-electron chi connectivity index (χ1n) is 7.22. The van der Waals surface area contributed by atoms with Crippen LogP contribution in [-0.4, -0.2) is 28.5 Å². The minimum absolute atomic E-state index is 0.329. The lowest BCUT2D eigenvalue weighted by atomic mass is 10.3. The largest absolute Gasteiger partial charge is 0.452 e. The first kappa shape index (κ1) is 17.1. The van der Waals surface area contributed by atoms with Gasteiger partial charge in [-0.3, -0.25) is 4.79 Å². The number of nitrogens with zero attached hydrogens (tertiary/aromatic N) is 2. The molecule has 6 nitrogen and oxygen atoms in total. The zero-order chi connectivity index (χ0) is 17.6. The maximum atomic E-state index is 11.7. The molecule has 0 radical (unpaired) electrons. The fourth-order valence-corrected chi connectivity index (χ4v) is 2.90. The zero-order valence-electron chi connectivity index (χ0n) is 12.8. The number of fused-ring (bicyclic) bond motifs is 1. The number of aromatic nitrogens is 2. The number of hydrogen-bond donors (Lipinski definition) is 1. The van der Waals surface area contributed by atoms with Gasteiger partial charge in [-0.1, -0.05) is 23.7 Å². The number of carbonyl (C=O) groups excluding carboxylic acids is 2. The van der Waals surface area contributed by atoms with Gasteiger partial charge in [-0.15, -0.1) is 11.3 Å². The summed E-state index contributed by atoms with van der Waals surface area (Å²) in [7, 11) is 0. The number of amides is 1. The zero-order valence-corrected chi connectivity index (χ0v) is 14.4. The first-order valence-corrected chi connectivity index (χ1v) is 8.41. The summed E-state index contributed by atoms with van der Waals surface area (Å²) in [5.41, 5.74) is 0.871. The number of anilines is 1. The second kappa shape index (κ2) is 7.87. The van der Waals surface area contributed by atoms with Crippen LogP contribution in [0.2, 0.25) is 5.02 Å². The minimum Gasteiger partial charge on any atom is -0.452 e. The number of carbonyl (C=O) groups is 2. The Balaban J connectivity index is 1.50. The predicted octanol–water partition coefficient (Wildman–Crippen LogP) is 3.54. The molecule has 0 fully saturated rings. The minimum atomic E-state index is -0.626. The molecule has 2 aromatic heterocycles. The van der Waals surface area contributed by atoms with E-state index in [0.717, 1.165) is 10.2 Å². The Morgan fingerprint density at radius 3 is 2.84 bits per heavy atom. The van der Waals surface area contributed by atoms with Crippen LogP contribution >= 0.6 is 22.9 Å². The van der Waals surface area contributed by atoms with Gasteiger partial charge in [-0.25, -0.2) is 14.8 Å². The van der Waals surface area contributed by atoms with E-state index < -0.39 is 18.5 Å². The highest BCUT2D eigenvalue weighted by atomic mass is 35.5. The third-order valence-corrected chi connectivity index (χ3v) is 4.24. The summed E-state index contributed by atoms with van der Waals surface area (Å²) in [5, 5.41) is 3.65. The number of esters is 1. The molecular weight excluding hydrogens is 362 g/mol. The quantitative estimate of drug-likeness (QED) is 0.546. The summed E-state index contributed by atoms with van der Waals surface area (Å²) >= 11 is 7.17. The van der Waals surface area contributed by atoms with Crippen molar-refractivity contribution in [2.45, 2.75) is 0 Å². The lowest BCUT2D eigenvalue weighted by Gasteiger charge is -2.04. The van der Waals surface area contributed by atoms with E-state index in [0.29, 0.717) is 15.8 Å². The van der Waals surface area contributed by atoms with Gasteiger partial charge >= 0.3 is 5.97 Å². The number of ether oxygens (including phenoxy) is 1. The molecule has 1 N–H and O–H groups in total. The molecule has 0 saturated carbocycles. The van der Waals surface area contributed by atoms with Crippen LogP contribution in [0.5, 0.6) is 0 Å². The van der Waals surface area contributed by atoms with Crippen LogP contribution in [0, 0.1) is 0 Å². The number of pyridine rings is 1. The summed E-state index contributed by atoms with van der Waals surface area (Å²) < 4.78 is 5.91. The number of para-hydroxylation sites is 1. The van der Waals surface area contributed by atoms with E-state index in [1.165, 1.54) is 23.6 Å². The molecule has 0 atom stereocenters. The van der Waals surface area contributed by atoms with E-state index in [4.69, 9.17) is 16.3 Å². The number of rotatable bonds is 5. The van der Waals surface area contributed by atoms with Crippen LogP contribution < -0.4 is 5.32 Å². The van der Waals surface area contributed by atoms with Crippen molar-refractivity contribution in [1.82, 2.24) is 9.97 Å². The number of halogens is 1. The SMILES string of the molecule is O=C(COC(=O)/C=C/c1nc2ccccc2s1)Nc1ccc(Cl)cn1. The molecule has 0 bridgehead atoms. The van der Waals surface area contributed by atoms with E-state index in [-0.39, 0.29) is 0 Å². The smallest absolute Gasteiger partial charge is 0.331 e. The molecule has 0 aliphatic rings. The second-order valence-electron chi connectivity index (χ2n) is 4.87. The van der Waals surface area contributed by atoms with Crippen LogP contribution in [0.15, 0.2) is 48.7 Å². The summed E-state index contributed by atoms with van der Waals surface area (Å²) in [6.45, 7) is -0.409. The molecule has 0 unspecified atom stereocenters. The third kappa shape index (κ3) is 4.85. The maximum absolute atomic E-state index is 11.7. The van der Waals surface area contributed by atoms with Gasteiger partial charge in [0.1, 0.15) is 10.8 Å². The molecule has 1 amide bonds. The lowest BCUT2D eigenvalue weighted by Crippen LogP contribution is -2.20. The van der Waals surface area contributed by atoms with Crippen molar-refractivity contribution < 1.29 is 14.3 Å². The van der Waals surface area contributed by atoms with E-state index in [2.05, 4.69) is 15.3 Å². The number of benzene rings is 1. The molecule has 1 aromatic carbocycles. The predicted molar refractivity (Wildman–Crippen MR) is 97.5 cm³/mol. The molecule has 0 spiro atoms. The van der Waals surface area contributed by atoms with Gasteiger partial charge in [-0.05, 0) is 30.3 Å². The van der Waals surface area contributed by atoms with Crippen LogP contribution in [0.1, 0.15) is 5.01 Å². The van der Waals surface area contributed by atoms with Crippen molar-refractivity contribution >= 4 is 56.9 Å². The van der Waals surface area contributed by atoms with Crippen LogP contribution in [0.4, 0.5) is 5.82 Å². The molecule has 0 saturated heterocycles. The van der Waals surface area contributed by atoms with Crippen molar-refractivity contribution in [2.24, 2.45) is 0 Å². The lowest BCUT2D eigenvalue weighted by molar-refractivity contribution is -0.142. The normalized spacial score (nSPS) is 10.9. The van der Waals surface area contributed by atoms with Crippen LogP contribution in [0.3, 0.4) is 0 Å². The van der Waals surface area contributed by atoms with Gasteiger partial charge in [0.25, 0.3) is 5.91 Å². The molecule has 3 rings (SSSR count). The fourth-order valence-electron chi connectivity index (χ4n) is 1.91. The van der Waals surface area contributed by atoms with E-state index in [1.54, 1.807) is 18.2 Å². The number of hydrogen-bond acceptors (Lipinski definition) is 6. The average molecular weight is 374 g/mol. The maximum Gasteiger partial charge on any atom is 0.331 e. The summed E-state index contributed by atoms with van der Waals surface area (Å²) in [6, 6.07) is 10.8. The highest BCUT2D eigenvalue weighted by Crippen LogP contribution is 2.22. The monoisotopic (exact) mass is 373 g/mol. The second-order valence-corrected chi connectivity index (χ2v) is 6.37. The van der Waals surface area contributed by atoms with Gasteiger partial charge in [0, 0.05) is 12.3 Å². The Morgan fingerprint density at radius 1 is 1.24 bits per heavy atom. The van der Waals surface area contributed by atoms with Crippen molar-refractivity contribution in [3.63, 3.8) is 0 Å². The van der Waals surface area contributed by atoms with Crippen LogP contribution in [-0.2, 0) is 14.3 Å². The third-order valence-electron chi connectivity index (χ3n) is 3.01. The number of thiazole rings is 1. The Bertz CT molecular complexity index is 905. The van der Waals surface area contributed by atoms with E-state index >= 15 is 0 Å². The summed E-state index contributed by atoms with van der Waals surface area (Å²) in [6.07, 6.45) is 4.21. The molecule has 2 heterocycles. The molecule has 0 aliphatic carbocycles. The van der Waals surface area contributed by atoms with E-state index in [1.807, 2.05) is 24.3 Å². The molecule has 126 valence electrons. The molecule has 25 heavy (non-hydrogen) atoms.